The van der Waals surface area contributed by atoms with Crippen LogP contribution in [0.4, 0.5) is 13.2 Å². The van der Waals surface area contributed by atoms with Gasteiger partial charge < -0.3 is 14.2 Å². The summed E-state index contributed by atoms with van der Waals surface area (Å²) >= 11 is 7.52. The zero-order valence-electron chi connectivity index (χ0n) is 18.2. The van der Waals surface area contributed by atoms with Crippen LogP contribution in [-0.2, 0) is 15.7 Å². The lowest BCUT2D eigenvalue weighted by Gasteiger charge is -2.23. The summed E-state index contributed by atoms with van der Waals surface area (Å²) in [6.45, 7) is 0. The molecule has 180 valence electrons. The zero-order chi connectivity index (χ0) is 24.6. The Kier molecular flexibility index (Phi) is 6.68. The summed E-state index contributed by atoms with van der Waals surface area (Å²) in [5.74, 6) is -0.941. The molecule has 34 heavy (non-hydrogen) atoms. The largest absolute Gasteiger partial charge is 0.493 e. The maximum absolute atomic E-state index is 13.9. The van der Waals surface area contributed by atoms with Crippen molar-refractivity contribution < 1.29 is 32.2 Å². The lowest BCUT2D eigenvalue weighted by molar-refractivity contribution is -0.146. The van der Waals surface area contributed by atoms with Crippen LogP contribution in [0.5, 0.6) is 11.5 Å². The van der Waals surface area contributed by atoms with Gasteiger partial charge in [-0.25, -0.2) is 0 Å². The van der Waals surface area contributed by atoms with Crippen LogP contribution in [0.25, 0.3) is 5.69 Å². The third-order valence-corrected chi connectivity index (χ3v) is 7.06. The summed E-state index contributed by atoms with van der Waals surface area (Å²) in [5.41, 5.74) is 1.31. The van der Waals surface area contributed by atoms with E-state index in [2.05, 4.69) is 10.2 Å². The van der Waals surface area contributed by atoms with Gasteiger partial charge in [0.2, 0.25) is 5.82 Å². The number of rotatable bonds is 5. The van der Waals surface area contributed by atoms with E-state index < -0.39 is 28.5 Å². The Morgan fingerprint density at radius 3 is 2.53 bits per heavy atom. The van der Waals surface area contributed by atoms with Crippen LogP contribution in [0.1, 0.15) is 39.7 Å². The minimum absolute atomic E-state index is 0.0179. The average Bonchev–Trinajstić information content (AvgIpc) is 3.22. The van der Waals surface area contributed by atoms with E-state index >= 15 is 0 Å². The molecule has 0 N–H and O–H groups in total. The van der Waals surface area contributed by atoms with Gasteiger partial charge in [0.05, 0.1) is 43.9 Å². The number of fused-ring (bicyclic) bond motifs is 3. The number of alkyl halides is 3. The molecule has 3 aromatic rings. The Morgan fingerprint density at radius 2 is 1.88 bits per heavy atom. The summed E-state index contributed by atoms with van der Waals surface area (Å²) < 4.78 is 58.5. The summed E-state index contributed by atoms with van der Waals surface area (Å²) in [7, 11) is 4.18. The molecule has 0 radical (unpaired) electrons. The number of aromatic nitrogens is 3. The first kappa shape index (κ1) is 24.2. The van der Waals surface area contributed by atoms with Crippen molar-refractivity contribution in [3.8, 4) is 17.2 Å². The highest BCUT2D eigenvalue weighted by atomic mass is 35.5. The number of hydrogen-bond acceptors (Lipinski definition) is 7. The first-order valence-electron chi connectivity index (χ1n) is 9.95. The maximum atomic E-state index is 13.9. The van der Waals surface area contributed by atoms with Crippen LogP contribution in [0.2, 0.25) is 5.02 Å². The summed E-state index contributed by atoms with van der Waals surface area (Å²) in [6.07, 6.45) is -5.00. The molecule has 2 heterocycles. The van der Waals surface area contributed by atoms with E-state index in [1.807, 2.05) is 0 Å². The SMILES string of the molecule is COC(=O)CC1SC(c2cccc(OC)c2OC)c2cc(Cl)ccc2-n2c1nnc2C(F)(F)F. The molecule has 0 amide bonds. The highest BCUT2D eigenvalue weighted by Crippen LogP contribution is 2.54. The van der Waals surface area contributed by atoms with E-state index in [1.165, 1.54) is 45.2 Å². The van der Waals surface area contributed by atoms with E-state index in [0.717, 1.165) is 4.57 Å². The molecule has 0 bridgehead atoms. The van der Waals surface area contributed by atoms with Gasteiger partial charge >= 0.3 is 12.1 Å². The molecule has 12 heteroatoms. The lowest BCUT2D eigenvalue weighted by atomic mass is 10.0. The second-order valence-electron chi connectivity index (χ2n) is 7.29. The van der Waals surface area contributed by atoms with E-state index in [-0.39, 0.29) is 17.9 Å². The van der Waals surface area contributed by atoms with Crippen LogP contribution >= 0.6 is 23.4 Å². The number of nitrogens with zero attached hydrogens (tertiary/aromatic N) is 3. The average molecular weight is 514 g/mol. The topological polar surface area (TPSA) is 75.5 Å². The van der Waals surface area contributed by atoms with Gasteiger partial charge in [0, 0.05) is 10.6 Å². The van der Waals surface area contributed by atoms with Crippen LogP contribution in [0, 0.1) is 0 Å². The Morgan fingerprint density at radius 1 is 1.12 bits per heavy atom. The Bertz CT molecular complexity index is 1230. The van der Waals surface area contributed by atoms with Crippen LogP contribution in [0.3, 0.4) is 0 Å². The molecule has 2 unspecified atom stereocenters. The fourth-order valence-corrected chi connectivity index (χ4v) is 5.58. The van der Waals surface area contributed by atoms with Gasteiger partial charge in [-0.2, -0.15) is 13.2 Å². The van der Waals surface area contributed by atoms with Crippen molar-refractivity contribution in [3.63, 3.8) is 0 Å². The van der Waals surface area contributed by atoms with Crippen molar-refractivity contribution >= 4 is 29.3 Å². The highest BCUT2D eigenvalue weighted by molar-refractivity contribution is 8.00. The number of hydrogen-bond donors (Lipinski definition) is 0. The normalized spacial score (nSPS) is 17.4. The number of ether oxygens (including phenoxy) is 3. The molecule has 1 aromatic heterocycles. The number of thioether (sulfide) groups is 1. The van der Waals surface area contributed by atoms with E-state index in [0.29, 0.717) is 27.6 Å². The first-order chi connectivity index (χ1) is 16.2. The van der Waals surface area contributed by atoms with Crippen molar-refractivity contribution in [1.82, 2.24) is 14.8 Å². The first-order valence-corrected chi connectivity index (χ1v) is 11.3. The minimum atomic E-state index is -4.78. The van der Waals surface area contributed by atoms with Crippen molar-refractivity contribution in [2.24, 2.45) is 0 Å². The van der Waals surface area contributed by atoms with E-state index in [1.54, 1.807) is 24.3 Å². The maximum Gasteiger partial charge on any atom is 0.452 e. The fraction of sp³-hybridized carbons (Fsp3) is 0.318. The summed E-state index contributed by atoms with van der Waals surface area (Å²) in [6, 6.07) is 9.83. The van der Waals surface area contributed by atoms with E-state index in [9.17, 15) is 18.0 Å². The van der Waals surface area contributed by atoms with Gasteiger partial charge in [-0.3, -0.25) is 9.36 Å². The number of halogens is 4. The second-order valence-corrected chi connectivity index (χ2v) is 9.03. The van der Waals surface area contributed by atoms with Crippen molar-refractivity contribution in [2.45, 2.75) is 23.1 Å². The fourth-order valence-electron chi connectivity index (χ4n) is 3.90. The highest BCUT2D eigenvalue weighted by Gasteiger charge is 2.43. The predicted molar refractivity (Wildman–Crippen MR) is 120 cm³/mol. The molecule has 2 atom stereocenters. The number of carbonyl (C=O) groups is 1. The second kappa shape index (κ2) is 9.38. The van der Waals surface area contributed by atoms with Crippen LogP contribution in [0.15, 0.2) is 36.4 Å². The molecule has 0 saturated heterocycles. The Balaban J connectivity index is 2.02. The molecule has 1 aliphatic rings. The monoisotopic (exact) mass is 513 g/mol. The third kappa shape index (κ3) is 4.29. The summed E-state index contributed by atoms with van der Waals surface area (Å²) in [5, 5.41) is 6.20. The van der Waals surface area contributed by atoms with Crippen LogP contribution in [-0.4, -0.2) is 42.1 Å². The van der Waals surface area contributed by atoms with Gasteiger partial charge in [0.15, 0.2) is 17.3 Å². The lowest BCUT2D eigenvalue weighted by Crippen LogP contribution is -2.17. The van der Waals surface area contributed by atoms with Crippen LogP contribution < -0.4 is 9.47 Å². The quantitative estimate of drug-likeness (QED) is 0.423. The number of methoxy groups -OCH3 is 3. The molecule has 4 rings (SSSR count). The standard InChI is InChI=1S/C22H19ClF3N3O4S/c1-31-15-6-4-5-12(18(15)33-3)19-13-9-11(23)7-8-14(13)29-20(16(34-19)10-17(30)32-2)27-28-21(29)22(24,25)26/h4-9,16,19H,10H2,1-3H3. The molecule has 0 saturated carbocycles. The molecule has 0 spiro atoms. The van der Waals surface area contributed by atoms with Gasteiger partial charge in [-0.15, -0.1) is 22.0 Å². The Hall–Kier alpha value is -2.92. The number of benzene rings is 2. The summed E-state index contributed by atoms with van der Waals surface area (Å²) in [4.78, 5) is 12.2. The zero-order valence-corrected chi connectivity index (χ0v) is 19.8. The molecular formula is C22H19ClF3N3O4S. The van der Waals surface area contributed by atoms with Crippen molar-refractivity contribution in [1.29, 1.82) is 0 Å². The number of carbonyl (C=O) groups excluding carboxylic acids is 1. The molecular weight excluding hydrogens is 495 g/mol. The minimum Gasteiger partial charge on any atom is -0.493 e. The van der Waals surface area contributed by atoms with Gasteiger partial charge in [-0.1, -0.05) is 23.7 Å². The smallest absolute Gasteiger partial charge is 0.452 e. The molecule has 1 aliphatic heterocycles. The third-order valence-electron chi connectivity index (χ3n) is 5.34. The molecule has 7 nitrogen and oxygen atoms in total. The van der Waals surface area contributed by atoms with Gasteiger partial charge in [0.1, 0.15) is 0 Å². The molecule has 0 aliphatic carbocycles. The predicted octanol–water partition coefficient (Wildman–Crippen LogP) is 5.40. The van der Waals surface area contributed by atoms with E-state index in [4.69, 9.17) is 25.8 Å². The molecule has 0 fully saturated rings. The van der Waals surface area contributed by atoms with Crippen molar-refractivity contribution in [3.05, 3.63) is 64.2 Å². The Labute approximate surface area is 202 Å². The van der Waals surface area contributed by atoms with Gasteiger partial charge in [0.25, 0.3) is 0 Å². The number of para-hydroxylation sites is 1. The number of esters is 1. The van der Waals surface area contributed by atoms with Gasteiger partial charge in [-0.05, 0) is 29.8 Å². The van der Waals surface area contributed by atoms with Crippen molar-refractivity contribution in [2.75, 3.05) is 21.3 Å². The molecule has 2 aromatic carbocycles.